The third kappa shape index (κ3) is 4.26. The van der Waals surface area contributed by atoms with E-state index >= 15 is 0 Å². The van der Waals surface area contributed by atoms with Gasteiger partial charge in [0.2, 0.25) is 0 Å². The van der Waals surface area contributed by atoms with Crippen molar-refractivity contribution in [2.45, 2.75) is 40.5 Å². The number of urea groups is 1. The minimum atomic E-state index is -0.437. The maximum Gasteiger partial charge on any atom is 0.355 e. The summed E-state index contributed by atoms with van der Waals surface area (Å²) in [6.07, 6.45) is 2.20. The number of amides is 2. The third-order valence-electron chi connectivity index (χ3n) is 4.80. The Morgan fingerprint density at radius 1 is 1.23 bits per heavy atom. The molecule has 0 bridgehead atoms. The number of ether oxygens (including phenoxy) is 1. The lowest BCUT2D eigenvalue weighted by Gasteiger charge is -2.22. The number of hydrogen-bond acceptors (Lipinski definition) is 4. The van der Waals surface area contributed by atoms with Gasteiger partial charge in [-0.2, -0.15) is 0 Å². The second kappa shape index (κ2) is 8.38. The normalized spacial score (nSPS) is 13.4. The molecule has 0 aliphatic heterocycles. The standard InChI is InChI=1S/C19H29N3O4/c1-6-20-19(25)22(10-14-8-9-14)11-15(23)16-12(3)17(18(24)26-7-2)21(5)13(16)4/h14H,6-11H2,1-5H3,(H,20,25). The Labute approximate surface area is 154 Å². The summed E-state index contributed by atoms with van der Waals surface area (Å²) in [5, 5.41) is 2.77. The van der Waals surface area contributed by atoms with Crippen LogP contribution < -0.4 is 5.32 Å². The monoisotopic (exact) mass is 363 g/mol. The molecule has 1 heterocycles. The topological polar surface area (TPSA) is 80.6 Å². The number of carbonyl (C=O) groups is 3. The van der Waals surface area contributed by atoms with Crippen molar-refractivity contribution < 1.29 is 19.1 Å². The number of aromatic nitrogens is 1. The van der Waals surface area contributed by atoms with Crippen molar-refractivity contribution in [1.82, 2.24) is 14.8 Å². The van der Waals surface area contributed by atoms with Crippen LogP contribution in [0.5, 0.6) is 0 Å². The average Bonchev–Trinajstić information content (AvgIpc) is 3.35. The molecule has 0 spiro atoms. The molecule has 0 saturated heterocycles. The first-order chi connectivity index (χ1) is 12.3. The summed E-state index contributed by atoms with van der Waals surface area (Å²) in [7, 11) is 1.75. The van der Waals surface area contributed by atoms with Crippen LogP contribution in [0.15, 0.2) is 0 Å². The number of esters is 1. The van der Waals surface area contributed by atoms with Gasteiger partial charge in [-0.1, -0.05) is 0 Å². The second-order valence-electron chi connectivity index (χ2n) is 6.80. The van der Waals surface area contributed by atoms with Crippen LogP contribution in [0, 0.1) is 19.8 Å². The van der Waals surface area contributed by atoms with Gasteiger partial charge < -0.3 is 19.5 Å². The van der Waals surface area contributed by atoms with Crippen LogP contribution in [0.25, 0.3) is 0 Å². The number of nitrogens with one attached hydrogen (secondary N) is 1. The van der Waals surface area contributed by atoms with E-state index in [9.17, 15) is 14.4 Å². The van der Waals surface area contributed by atoms with Crippen molar-refractivity contribution in [2.24, 2.45) is 13.0 Å². The molecular weight excluding hydrogens is 334 g/mol. The van der Waals surface area contributed by atoms with Crippen molar-refractivity contribution in [2.75, 3.05) is 26.2 Å². The zero-order chi connectivity index (χ0) is 19.4. The first-order valence-corrected chi connectivity index (χ1v) is 9.20. The molecule has 0 atom stereocenters. The van der Waals surface area contributed by atoms with Crippen LogP contribution in [0.1, 0.15) is 58.8 Å². The Morgan fingerprint density at radius 3 is 2.42 bits per heavy atom. The van der Waals surface area contributed by atoms with Gasteiger partial charge in [-0.3, -0.25) is 4.79 Å². The SMILES string of the molecule is CCNC(=O)N(CC(=O)c1c(C)c(C(=O)OCC)n(C)c1C)CC1CC1. The summed E-state index contributed by atoms with van der Waals surface area (Å²) in [5.41, 5.74) is 2.20. The van der Waals surface area contributed by atoms with Gasteiger partial charge in [0.05, 0.1) is 13.2 Å². The summed E-state index contributed by atoms with van der Waals surface area (Å²) in [6, 6.07) is -0.218. The molecule has 1 aromatic rings. The molecule has 7 heteroatoms. The lowest BCUT2D eigenvalue weighted by molar-refractivity contribution is 0.0514. The van der Waals surface area contributed by atoms with Gasteiger partial charge in [0, 0.05) is 31.4 Å². The molecule has 0 radical (unpaired) electrons. The Hall–Kier alpha value is -2.31. The Bertz CT molecular complexity index is 704. The molecule has 1 saturated carbocycles. The van der Waals surface area contributed by atoms with E-state index in [1.807, 2.05) is 6.92 Å². The van der Waals surface area contributed by atoms with Crippen molar-refractivity contribution >= 4 is 17.8 Å². The number of rotatable bonds is 8. The Kier molecular flexibility index (Phi) is 6.45. The first kappa shape index (κ1) is 20.0. The average molecular weight is 363 g/mol. The first-order valence-electron chi connectivity index (χ1n) is 9.20. The highest BCUT2D eigenvalue weighted by molar-refractivity contribution is 6.04. The number of Topliss-reactive ketones (excluding diaryl/α,β-unsaturated/α-hetero) is 1. The van der Waals surface area contributed by atoms with Gasteiger partial charge in [0.1, 0.15) is 5.69 Å². The van der Waals surface area contributed by atoms with Crippen LogP contribution in [0.2, 0.25) is 0 Å². The molecule has 1 fully saturated rings. The molecule has 1 aliphatic rings. The van der Waals surface area contributed by atoms with Gasteiger partial charge in [-0.05, 0) is 52.0 Å². The lowest BCUT2D eigenvalue weighted by Crippen LogP contribution is -2.43. The van der Waals surface area contributed by atoms with E-state index in [0.29, 0.717) is 41.5 Å². The van der Waals surface area contributed by atoms with Gasteiger partial charge in [-0.15, -0.1) is 0 Å². The predicted octanol–water partition coefficient (Wildman–Crippen LogP) is 2.44. The molecule has 0 aromatic carbocycles. The zero-order valence-electron chi connectivity index (χ0n) is 16.3. The summed E-state index contributed by atoms with van der Waals surface area (Å²) in [5.74, 6) is -0.107. The van der Waals surface area contributed by atoms with Crippen molar-refractivity contribution in [1.29, 1.82) is 0 Å². The second-order valence-corrected chi connectivity index (χ2v) is 6.80. The highest BCUT2D eigenvalue weighted by atomic mass is 16.5. The molecule has 0 unspecified atom stereocenters. The summed E-state index contributed by atoms with van der Waals surface area (Å²) in [6.45, 7) is 8.56. The van der Waals surface area contributed by atoms with Crippen molar-refractivity contribution in [3.05, 3.63) is 22.5 Å². The third-order valence-corrected chi connectivity index (χ3v) is 4.80. The molecule has 2 rings (SSSR count). The van der Waals surface area contributed by atoms with Gasteiger partial charge in [-0.25, -0.2) is 9.59 Å². The van der Waals surface area contributed by atoms with Crippen LogP contribution >= 0.6 is 0 Å². The highest BCUT2D eigenvalue weighted by Gasteiger charge is 2.30. The molecule has 1 N–H and O–H groups in total. The fraction of sp³-hybridized carbons (Fsp3) is 0.632. The molecule has 1 aromatic heterocycles. The zero-order valence-corrected chi connectivity index (χ0v) is 16.3. The van der Waals surface area contributed by atoms with Crippen LogP contribution in [-0.4, -0.2) is 53.5 Å². The Morgan fingerprint density at radius 2 is 1.88 bits per heavy atom. The Balaban J connectivity index is 2.25. The summed E-state index contributed by atoms with van der Waals surface area (Å²) < 4.78 is 6.80. The maximum absolute atomic E-state index is 13.0. The summed E-state index contributed by atoms with van der Waals surface area (Å²) >= 11 is 0. The van der Waals surface area contributed by atoms with E-state index in [-0.39, 0.29) is 25.0 Å². The summed E-state index contributed by atoms with van der Waals surface area (Å²) in [4.78, 5) is 39.1. The lowest BCUT2D eigenvalue weighted by atomic mass is 10.1. The molecular formula is C19H29N3O4. The molecule has 1 aliphatic carbocycles. The van der Waals surface area contributed by atoms with E-state index in [2.05, 4.69) is 5.32 Å². The number of hydrogen-bond donors (Lipinski definition) is 1. The molecule has 2 amide bonds. The van der Waals surface area contributed by atoms with E-state index < -0.39 is 5.97 Å². The largest absolute Gasteiger partial charge is 0.461 e. The van der Waals surface area contributed by atoms with Crippen LogP contribution in [0.3, 0.4) is 0 Å². The minimum absolute atomic E-state index is 0.0102. The quantitative estimate of drug-likeness (QED) is 0.568. The number of ketones is 1. The van der Waals surface area contributed by atoms with E-state index in [0.717, 1.165) is 12.8 Å². The number of nitrogens with zero attached hydrogens (tertiary/aromatic N) is 2. The van der Waals surface area contributed by atoms with Gasteiger partial charge >= 0.3 is 12.0 Å². The minimum Gasteiger partial charge on any atom is -0.461 e. The van der Waals surface area contributed by atoms with E-state index in [4.69, 9.17) is 4.74 Å². The van der Waals surface area contributed by atoms with Gasteiger partial charge in [0.15, 0.2) is 5.78 Å². The predicted molar refractivity (Wildman–Crippen MR) is 98.5 cm³/mol. The highest BCUT2D eigenvalue weighted by Crippen LogP contribution is 2.30. The molecule has 26 heavy (non-hydrogen) atoms. The number of carbonyl (C=O) groups excluding carboxylic acids is 3. The van der Waals surface area contributed by atoms with Crippen molar-refractivity contribution in [3.63, 3.8) is 0 Å². The molecule has 7 nitrogen and oxygen atoms in total. The van der Waals surface area contributed by atoms with E-state index in [1.165, 1.54) is 0 Å². The smallest absolute Gasteiger partial charge is 0.355 e. The van der Waals surface area contributed by atoms with E-state index in [1.54, 1.807) is 37.3 Å². The van der Waals surface area contributed by atoms with Crippen LogP contribution in [0.4, 0.5) is 4.79 Å². The molecule has 144 valence electrons. The fourth-order valence-corrected chi connectivity index (χ4v) is 3.22. The van der Waals surface area contributed by atoms with Crippen LogP contribution in [-0.2, 0) is 11.8 Å². The van der Waals surface area contributed by atoms with Crippen molar-refractivity contribution in [3.8, 4) is 0 Å². The maximum atomic E-state index is 13.0. The fourth-order valence-electron chi connectivity index (χ4n) is 3.22. The van der Waals surface area contributed by atoms with Gasteiger partial charge in [0.25, 0.3) is 0 Å².